The van der Waals surface area contributed by atoms with E-state index >= 15 is 0 Å². The first-order chi connectivity index (χ1) is 12.2. The highest BCUT2D eigenvalue weighted by Gasteiger charge is 2.29. The molecule has 2 rings (SSSR count). The second-order valence-corrected chi connectivity index (χ2v) is 9.03. The first kappa shape index (κ1) is 21.2. The van der Waals surface area contributed by atoms with Gasteiger partial charge in [0.25, 0.3) is 5.91 Å². The van der Waals surface area contributed by atoms with Crippen LogP contribution in [-0.4, -0.2) is 62.3 Å². The summed E-state index contributed by atoms with van der Waals surface area (Å²) in [6.45, 7) is 6.84. The van der Waals surface area contributed by atoms with Gasteiger partial charge in [-0.3, -0.25) is 9.69 Å². The van der Waals surface area contributed by atoms with Gasteiger partial charge in [-0.1, -0.05) is 25.4 Å². The Kier molecular flexibility index (Phi) is 7.07. The van der Waals surface area contributed by atoms with Gasteiger partial charge in [-0.05, 0) is 45.0 Å². The van der Waals surface area contributed by atoms with Crippen LogP contribution in [0.1, 0.15) is 44.0 Å². The molecule has 0 aromatic heterocycles. The number of hydrogen-bond acceptors (Lipinski definition) is 4. The van der Waals surface area contributed by atoms with E-state index < -0.39 is 10.0 Å². The van der Waals surface area contributed by atoms with Gasteiger partial charge in [0, 0.05) is 31.7 Å². The third kappa shape index (κ3) is 4.76. The minimum atomic E-state index is -3.64. The zero-order chi connectivity index (χ0) is 19.5. The number of nitrogens with one attached hydrogen (secondary N) is 1. The van der Waals surface area contributed by atoms with Gasteiger partial charge >= 0.3 is 0 Å². The Labute approximate surface area is 161 Å². The summed E-state index contributed by atoms with van der Waals surface area (Å²) >= 11 is 6.15. The van der Waals surface area contributed by atoms with E-state index in [0.717, 1.165) is 0 Å². The summed E-state index contributed by atoms with van der Waals surface area (Å²) in [4.78, 5) is 14.9. The summed E-state index contributed by atoms with van der Waals surface area (Å²) in [5.41, 5.74) is 0.182. The van der Waals surface area contributed by atoms with Crippen LogP contribution in [-0.2, 0) is 10.0 Å². The lowest BCUT2D eigenvalue weighted by Crippen LogP contribution is -2.41. The van der Waals surface area contributed by atoms with E-state index in [0.29, 0.717) is 25.7 Å². The number of carbonyl (C=O) groups is 1. The van der Waals surface area contributed by atoms with Crippen LogP contribution in [0.15, 0.2) is 23.1 Å². The number of nitrogens with zero attached hydrogens (tertiary/aromatic N) is 2. The summed E-state index contributed by atoms with van der Waals surface area (Å²) in [6.07, 6.45) is 2.40. The van der Waals surface area contributed by atoms with Crippen molar-refractivity contribution in [1.29, 1.82) is 0 Å². The molecule has 0 spiro atoms. The average molecular weight is 402 g/mol. The van der Waals surface area contributed by atoms with Crippen molar-refractivity contribution in [2.45, 2.75) is 50.6 Å². The Balaban J connectivity index is 2.14. The van der Waals surface area contributed by atoms with E-state index in [1.807, 2.05) is 0 Å². The number of likely N-dealkylation sites (N-methyl/N-ethyl adjacent to an activating group) is 1. The van der Waals surface area contributed by atoms with Crippen LogP contribution in [0.5, 0.6) is 0 Å². The molecule has 1 aliphatic carbocycles. The molecule has 1 N–H and O–H groups in total. The van der Waals surface area contributed by atoms with Crippen molar-refractivity contribution in [3.05, 3.63) is 28.8 Å². The fourth-order valence-electron chi connectivity index (χ4n) is 2.87. The van der Waals surface area contributed by atoms with Crippen LogP contribution in [0.25, 0.3) is 0 Å². The summed E-state index contributed by atoms with van der Waals surface area (Å²) in [7, 11) is -1.58. The maximum atomic E-state index is 12.7. The molecule has 1 aromatic rings. The topological polar surface area (TPSA) is 69.7 Å². The van der Waals surface area contributed by atoms with Crippen molar-refractivity contribution in [3.8, 4) is 0 Å². The first-order valence-electron chi connectivity index (χ1n) is 9.02. The van der Waals surface area contributed by atoms with Gasteiger partial charge in [-0.15, -0.1) is 0 Å². The van der Waals surface area contributed by atoms with E-state index in [1.165, 1.54) is 35.3 Å². The summed E-state index contributed by atoms with van der Waals surface area (Å²) < 4.78 is 26.7. The Bertz CT molecular complexity index is 746. The third-order valence-electron chi connectivity index (χ3n) is 4.90. The highest BCUT2D eigenvalue weighted by Crippen LogP contribution is 2.27. The lowest BCUT2D eigenvalue weighted by atomic mass is 10.2. The van der Waals surface area contributed by atoms with Crippen molar-refractivity contribution in [2.75, 3.05) is 26.7 Å². The Hall–Kier alpha value is -1.15. The number of sulfonamides is 1. The smallest absolute Gasteiger partial charge is 0.252 e. The maximum Gasteiger partial charge on any atom is 0.252 e. The Morgan fingerprint density at radius 3 is 2.46 bits per heavy atom. The normalized spacial score (nSPS) is 16.1. The molecule has 1 atom stereocenters. The number of halogens is 1. The van der Waals surface area contributed by atoms with E-state index in [-0.39, 0.29) is 27.4 Å². The lowest BCUT2D eigenvalue weighted by Gasteiger charge is -2.24. The molecule has 1 aliphatic rings. The summed E-state index contributed by atoms with van der Waals surface area (Å²) in [5.74, 6) is -0.359. The molecule has 6 nitrogen and oxygen atoms in total. The minimum Gasteiger partial charge on any atom is -0.350 e. The molecule has 1 saturated carbocycles. The third-order valence-corrected chi connectivity index (χ3v) is 7.28. The van der Waals surface area contributed by atoms with Crippen LogP contribution in [0.4, 0.5) is 0 Å². The minimum absolute atomic E-state index is 0.0823. The maximum absolute atomic E-state index is 12.7. The number of benzene rings is 1. The lowest BCUT2D eigenvalue weighted by molar-refractivity contribution is 0.0939. The number of rotatable bonds is 9. The quantitative estimate of drug-likeness (QED) is 0.690. The zero-order valence-electron chi connectivity index (χ0n) is 15.8. The Morgan fingerprint density at radius 2 is 1.92 bits per heavy atom. The van der Waals surface area contributed by atoms with E-state index in [4.69, 9.17) is 11.6 Å². The molecule has 0 aliphatic heterocycles. The molecule has 1 fully saturated rings. The van der Waals surface area contributed by atoms with Gasteiger partial charge in [0.2, 0.25) is 10.0 Å². The van der Waals surface area contributed by atoms with Gasteiger partial charge in [-0.25, -0.2) is 8.42 Å². The molecule has 1 unspecified atom stereocenters. The predicted octanol–water partition coefficient (Wildman–Crippen LogP) is 2.58. The van der Waals surface area contributed by atoms with E-state index in [9.17, 15) is 13.2 Å². The van der Waals surface area contributed by atoms with Crippen molar-refractivity contribution < 1.29 is 13.2 Å². The van der Waals surface area contributed by atoms with Gasteiger partial charge < -0.3 is 5.32 Å². The molecule has 1 amide bonds. The number of carbonyl (C=O) groups excluding carboxylic acids is 1. The highest BCUT2D eigenvalue weighted by molar-refractivity contribution is 7.89. The van der Waals surface area contributed by atoms with Gasteiger partial charge in [0.05, 0.1) is 15.5 Å². The predicted molar refractivity (Wildman–Crippen MR) is 104 cm³/mol. The fourth-order valence-corrected chi connectivity index (χ4v) is 4.56. The molecule has 0 heterocycles. The van der Waals surface area contributed by atoms with Gasteiger partial charge in [-0.2, -0.15) is 4.31 Å². The van der Waals surface area contributed by atoms with Crippen molar-refractivity contribution in [3.63, 3.8) is 0 Å². The zero-order valence-corrected chi connectivity index (χ0v) is 17.4. The summed E-state index contributed by atoms with van der Waals surface area (Å²) in [5, 5.41) is 3.11. The molecule has 0 radical (unpaired) electrons. The van der Waals surface area contributed by atoms with Crippen molar-refractivity contribution in [1.82, 2.24) is 14.5 Å². The van der Waals surface area contributed by atoms with Gasteiger partial charge in [0.15, 0.2) is 0 Å². The second kappa shape index (κ2) is 8.69. The van der Waals surface area contributed by atoms with E-state index in [2.05, 4.69) is 24.2 Å². The standard InChI is InChI=1S/C18H28ClN3O3S/c1-5-22(6-2)26(24,25)15-9-10-17(19)16(11-15)18(23)20-12-13(3)21(4)14-7-8-14/h9-11,13-14H,5-8,12H2,1-4H3,(H,20,23). The SMILES string of the molecule is CCN(CC)S(=O)(=O)c1ccc(Cl)c(C(=O)NCC(C)N(C)C2CC2)c1. The molecular weight excluding hydrogens is 374 g/mol. The molecule has 146 valence electrons. The number of hydrogen-bond donors (Lipinski definition) is 1. The summed E-state index contributed by atoms with van der Waals surface area (Å²) in [6, 6.07) is 5.07. The molecular formula is C18H28ClN3O3S. The largest absolute Gasteiger partial charge is 0.350 e. The molecule has 8 heteroatoms. The molecule has 1 aromatic carbocycles. The van der Waals surface area contributed by atoms with Crippen LogP contribution in [0.3, 0.4) is 0 Å². The van der Waals surface area contributed by atoms with Crippen LogP contribution < -0.4 is 5.32 Å². The molecule has 0 saturated heterocycles. The monoisotopic (exact) mass is 401 g/mol. The fraction of sp³-hybridized carbons (Fsp3) is 0.611. The van der Waals surface area contributed by atoms with Gasteiger partial charge in [0.1, 0.15) is 0 Å². The van der Waals surface area contributed by atoms with Crippen LogP contribution >= 0.6 is 11.6 Å². The number of amides is 1. The van der Waals surface area contributed by atoms with Crippen LogP contribution in [0.2, 0.25) is 5.02 Å². The second-order valence-electron chi connectivity index (χ2n) is 6.69. The average Bonchev–Trinajstić information content (AvgIpc) is 3.44. The van der Waals surface area contributed by atoms with E-state index in [1.54, 1.807) is 13.8 Å². The first-order valence-corrected chi connectivity index (χ1v) is 10.8. The Morgan fingerprint density at radius 1 is 1.31 bits per heavy atom. The van der Waals surface area contributed by atoms with Crippen molar-refractivity contribution >= 4 is 27.5 Å². The van der Waals surface area contributed by atoms with Crippen LogP contribution in [0, 0.1) is 0 Å². The van der Waals surface area contributed by atoms with Crippen molar-refractivity contribution in [2.24, 2.45) is 0 Å². The molecule has 0 bridgehead atoms. The molecule has 26 heavy (non-hydrogen) atoms. The highest BCUT2D eigenvalue weighted by atomic mass is 35.5.